The van der Waals surface area contributed by atoms with Gasteiger partial charge >= 0.3 is 31.0 Å². The monoisotopic (exact) mass is 1570 g/mol. The van der Waals surface area contributed by atoms with Crippen molar-refractivity contribution in [3.05, 3.63) is 218 Å². The van der Waals surface area contributed by atoms with Gasteiger partial charge in [-0.05, 0) is 180 Å². The van der Waals surface area contributed by atoms with E-state index in [0.717, 1.165) is 46.3 Å². The fraction of sp³-hybridized carbons (Fsp3) is 0.432. The van der Waals surface area contributed by atoms with Crippen LogP contribution in [0.25, 0.3) is 6.08 Å². The van der Waals surface area contributed by atoms with E-state index in [-0.39, 0.29) is 84.5 Å². The minimum Gasteiger partial charge on any atom is -0.507 e. The zero-order chi connectivity index (χ0) is 80.1. The number of aldehydes is 1. The molecule has 0 saturated carbocycles. The molecule has 0 unspecified atom stereocenters. The number of ether oxygens (including phenoxy) is 10. The molecule has 3 aliphatic heterocycles. The number of amides is 1. The Morgan fingerprint density at radius 3 is 1.45 bits per heavy atom. The second kappa shape index (κ2) is 55.6. The number of carboxylic acid groups (broad SMARTS) is 1. The quantitative estimate of drug-likeness (QED) is 0.00734. The standard InChI is InChI=1S/C16H23NO4.C12H16O3.C12H14O3.C11H14O3.C10H19BO3.C8H7BrO2.C7H6O3.C5H11NO2/c1-2-20-9-7-13-5-3-4-6-15(13)16(19)17-8-10-21-12-14(17)11-18;2*1-3-15-9-8-10-6-4-5-7-11(10)12(13)14-2;1-2-14-8-7-9-5-3-4-6-10(9)11(12)13;1-6-12-8-7-11-13-9(2,3)10(4,5)14-11;1-11-8(10)6-4-2-3-5-7(6)9;8-4-5-6(9)2-1-3-7(5)10;7-3-5-4-8-2-1-6-5/h3-6,14,18H,2,7-12H2,1H3;4-7H,3,8-9H2,1-2H3;4-9H,3H2,1-2H3;3-6H,2,7-8H2,1H3,(H,12,13);7-8H,6H2,1-5H3;2-5H,1H3;1-4,9-10H;5-7H,1-4H2/b;;9-8+;;8-7+;;;/t14-;;;;;;;5-/m1......1/s1. The van der Waals surface area contributed by atoms with Gasteiger partial charge in [0.1, 0.15) is 11.5 Å². The summed E-state index contributed by atoms with van der Waals surface area (Å²) in [5.41, 5.74) is 5.74. The number of hydrogen-bond acceptors (Lipinski definition) is 23. The number of esters is 3. The highest BCUT2D eigenvalue weighted by Gasteiger charge is 2.50. The Bertz CT molecular complexity index is 3590. The van der Waals surface area contributed by atoms with Gasteiger partial charge in [0.15, 0.2) is 6.29 Å². The molecule has 6 N–H and O–H groups in total. The van der Waals surface area contributed by atoms with Crippen molar-refractivity contribution in [2.45, 2.75) is 105 Å². The number of morpholine rings is 2. The number of halogens is 1. The van der Waals surface area contributed by atoms with E-state index in [0.29, 0.717) is 126 Å². The van der Waals surface area contributed by atoms with Crippen molar-refractivity contribution >= 4 is 65.2 Å². The number of nitrogens with one attached hydrogen (secondary N) is 1. The topological polar surface area (TPSA) is 330 Å². The van der Waals surface area contributed by atoms with Crippen molar-refractivity contribution in [3.63, 3.8) is 0 Å². The zero-order valence-electron chi connectivity index (χ0n) is 64.2. The number of carbonyl (C=O) groups excluding carboxylic acids is 5. The van der Waals surface area contributed by atoms with E-state index < -0.39 is 5.97 Å². The molecule has 27 heteroatoms. The first-order valence-corrected chi connectivity index (χ1v) is 36.3. The average molecular weight is 1570 g/mol. The van der Waals surface area contributed by atoms with Gasteiger partial charge in [0.05, 0.1) is 158 Å². The number of rotatable bonds is 26. The number of carbonyl (C=O) groups is 6. The van der Waals surface area contributed by atoms with Crippen LogP contribution in [0.2, 0.25) is 0 Å². The highest BCUT2D eigenvalue weighted by Crippen LogP contribution is 2.37. The Morgan fingerprint density at radius 2 is 1.00 bits per heavy atom. The van der Waals surface area contributed by atoms with Crippen molar-refractivity contribution in [1.29, 1.82) is 0 Å². The molecule has 3 fully saturated rings. The molecule has 3 saturated heterocycles. The fourth-order valence-corrected chi connectivity index (χ4v) is 10.1. The Morgan fingerprint density at radius 1 is 0.556 bits per heavy atom. The molecule has 3 aliphatic rings. The summed E-state index contributed by atoms with van der Waals surface area (Å²) < 4.78 is 62.5. The van der Waals surface area contributed by atoms with Crippen LogP contribution in [0.5, 0.6) is 11.5 Å². The van der Waals surface area contributed by atoms with Gasteiger partial charge in [-0.3, -0.25) is 9.59 Å². The Labute approximate surface area is 644 Å². The van der Waals surface area contributed by atoms with Crippen LogP contribution in [0.15, 0.2) is 162 Å². The van der Waals surface area contributed by atoms with Crippen LogP contribution >= 0.6 is 15.9 Å². The molecule has 0 aromatic heterocycles. The van der Waals surface area contributed by atoms with Crippen molar-refractivity contribution in [1.82, 2.24) is 10.2 Å². The van der Waals surface area contributed by atoms with Gasteiger partial charge in [-0.1, -0.05) is 91.0 Å². The van der Waals surface area contributed by atoms with Crippen LogP contribution in [0.4, 0.5) is 0 Å². The Balaban J connectivity index is 0.000000425. The van der Waals surface area contributed by atoms with Crippen molar-refractivity contribution in [2.75, 3.05) is 127 Å². The number of aromatic carboxylic acids is 1. The summed E-state index contributed by atoms with van der Waals surface area (Å²) in [6.07, 6.45) is 7.45. The zero-order valence-corrected chi connectivity index (χ0v) is 65.8. The third-order valence-corrected chi connectivity index (χ3v) is 16.8. The number of phenolic OH excluding ortho intramolecular Hbond substituents is 2. The fourth-order valence-electron chi connectivity index (χ4n) is 9.62. The SMILES string of the molecule is CCO/C=C/B1OC(C)(C)C(C)(C)O1.CCO/C=C/c1ccccc1C(=O)OC.CCOCCc1ccccc1C(=O)N1CCOC[C@H]1CO.CCOCCc1ccccc1C(=O)O.CCOCCc1ccccc1C(=O)OC.COC(=O)c1ccccc1Br.O=Cc1c(O)cccc1O.OC[C@@H]1COCCN1. The van der Waals surface area contributed by atoms with E-state index in [4.69, 9.17) is 67.6 Å². The molecule has 25 nitrogen and oxygen atoms in total. The first kappa shape index (κ1) is 95.2. The number of aliphatic hydroxyl groups is 2. The normalized spacial score (nSPS) is 15.0. The summed E-state index contributed by atoms with van der Waals surface area (Å²) in [5.74, 6) is -0.474. The van der Waals surface area contributed by atoms with Crippen LogP contribution in [0.3, 0.4) is 0 Å². The highest BCUT2D eigenvalue weighted by molar-refractivity contribution is 9.10. The van der Waals surface area contributed by atoms with Gasteiger partial charge in [-0.25, -0.2) is 19.2 Å². The van der Waals surface area contributed by atoms with Gasteiger partial charge in [0.25, 0.3) is 5.91 Å². The van der Waals surface area contributed by atoms with Crippen LogP contribution in [-0.2, 0) is 75.9 Å². The molecule has 6 aromatic rings. The summed E-state index contributed by atoms with van der Waals surface area (Å²) in [5, 5.41) is 47.7. The smallest absolute Gasteiger partial charge is 0.490 e. The molecule has 2 atom stereocenters. The van der Waals surface area contributed by atoms with Crippen LogP contribution < -0.4 is 5.32 Å². The molecule has 592 valence electrons. The largest absolute Gasteiger partial charge is 0.507 e. The Kier molecular flexibility index (Phi) is 49.0. The van der Waals surface area contributed by atoms with Gasteiger partial charge < -0.3 is 92.4 Å². The summed E-state index contributed by atoms with van der Waals surface area (Å²) in [7, 11) is 3.82. The average Bonchev–Trinajstić information content (AvgIpc) is 1.63. The van der Waals surface area contributed by atoms with E-state index in [9.17, 15) is 33.9 Å². The summed E-state index contributed by atoms with van der Waals surface area (Å²) in [6, 6.07) is 40.4. The van der Waals surface area contributed by atoms with Gasteiger partial charge in [-0.15, -0.1) is 0 Å². The number of aliphatic hydroxyl groups excluding tert-OH is 2. The van der Waals surface area contributed by atoms with Gasteiger partial charge in [0, 0.05) is 42.9 Å². The first-order valence-electron chi connectivity index (χ1n) is 35.5. The first-order chi connectivity index (χ1) is 51.9. The second-order valence-corrected chi connectivity index (χ2v) is 24.8. The molecule has 1 amide bonds. The van der Waals surface area contributed by atoms with Crippen LogP contribution in [-0.4, -0.2) is 224 Å². The number of hydrogen-bond donors (Lipinski definition) is 6. The lowest BCUT2D eigenvalue weighted by Crippen LogP contribution is -2.50. The van der Waals surface area contributed by atoms with E-state index in [2.05, 4.69) is 30.7 Å². The lowest BCUT2D eigenvalue weighted by Gasteiger charge is -2.35. The summed E-state index contributed by atoms with van der Waals surface area (Å²) >= 11 is 3.24. The number of benzene rings is 6. The predicted molar refractivity (Wildman–Crippen MR) is 417 cm³/mol. The maximum Gasteiger partial charge on any atom is 0.490 e. The molecule has 0 spiro atoms. The van der Waals surface area contributed by atoms with E-state index in [1.165, 1.54) is 39.5 Å². The lowest BCUT2D eigenvalue weighted by atomic mass is 9.90. The summed E-state index contributed by atoms with van der Waals surface area (Å²) in [6.45, 7) is 26.7. The van der Waals surface area contributed by atoms with Crippen molar-refractivity contribution in [3.8, 4) is 11.5 Å². The second-order valence-electron chi connectivity index (χ2n) is 24.0. The van der Waals surface area contributed by atoms with Gasteiger partial charge in [-0.2, -0.15) is 0 Å². The molecule has 0 aliphatic carbocycles. The van der Waals surface area contributed by atoms with Crippen LogP contribution in [0, 0.1) is 0 Å². The molecule has 6 aromatic carbocycles. The van der Waals surface area contributed by atoms with Crippen molar-refractivity contribution < 1.29 is 111 Å². The van der Waals surface area contributed by atoms with E-state index >= 15 is 0 Å². The minimum absolute atomic E-state index is 0.0375. The number of phenols is 2. The number of aromatic hydroxyl groups is 2. The third kappa shape index (κ3) is 35.5. The third-order valence-electron chi connectivity index (χ3n) is 16.1. The minimum atomic E-state index is -0.878. The molecule has 9 rings (SSSR count). The number of nitrogens with zero attached hydrogens (tertiary/aromatic N) is 1. The molecule has 0 radical (unpaired) electrons. The maximum atomic E-state index is 12.7. The number of carboxylic acids is 1. The molecule has 0 bridgehead atoms. The van der Waals surface area contributed by atoms with Gasteiger partial charge in [0.2, 0.25) is 0 Å². The van der Waals surface area contributed by atoms with E-state index in [1.807, 2.05) is 135 Å². The molecular weight excluding hydrogens is 1460 g/mol. The maximum absolute atomic E-state index is 12.7. The predicted octanol–water partition coefficient (Wildman–Crippen LogP) is 11.9. The molecular formula is C81H110BBrN2O23. The highest BCUT2D eigenvalue weighted by atomic mass is 79.9. The summed E-state index contributed by atoms with van der Waals surface area (Å²) in [4.78, 5) is 69.2. The van der Waals surface area contributed by atoms with E-state index in [1.54, 1.807) is 78.0 Å². The molecule has 108 heavy (non-hydrogen) atoms. The Hall–Kier alpha value is -8.84. The lowest BCUT2D eigenvalue weighted by molar-refractivity contribution is -0.0184. The number of methoxy groups -OCH3 is 3. The molecule has 3 heterocycles. The van der Waals surface area contributed by atoms with Crippen molar-refractivity contribution in [2.24, 2.45) is 0 Å². The van der Waals surface area contributed by atoms with Crippen LogP contribution in [0.1, 0.15) is 147 Å².